The summed E-state index contributed by atoms with van der Waals surface area (Å²) in [6, 6.07) is 6.25. The lowest BCUT2D eigenvalue weighted by atomic mass is 10.2. The number of carbonyl (C=O) groups excluding carboxylic acids is 1. The van der Waals surface area contributed by atoms with E-state index in [1.807, 2.05) is 0 Å². The smallest absolute Gasteiger partial charge is 0.288 e. The first-order chi connectivity index (χ1) is 14.1. The largest absolute Gasteiger partial charge is 0.341 e. The average Bonchev–Trinajstić information content (AvgIpc) is 3.27. The van der Waals surface area contributed by atoms with Gasteiger partial charge in [-0.15, -0.1) is 10.2 Å². The Kier molecular flexibility index (Phi) is 7.58. The van der Waals surface area contributed by atoms with Gasteiger partial charge in [-0.3, -0.25) is 4.79 Å². The number of aromatic nitrogens is 2. The van der Waals surface area contributed by atoms with E-state index in [0.29, 0.717) is 38.2 Å². The zero-order chi connectivity index (χ0) is 21.9. The highest BCUT2D eigenvalue weighted by Crippen LogP contribution is 2.32. The molecule has 2 unspecified atom stereocenters. The van der Waals surface area contributed by atoms with Gasteiger partial charge in [0.25, 0.3) is 5.76 Å². The Morgan fingerprint density at radius 2 is 1.97 bits per heavy atom. The summed E-state index contributed by atoms with van der Waals surface area (Å²) in [6.07, 6.45) is 0.462. The van der Waals surface area contributed by atoms with Crippen molar-refractivity contribution in [1.29, 1.82) is 0 Å². The fourth-order valence-corrected chi connectivity index (χ4v) is 7.19. The van der Waals surface area contributed by atoms with Crippen molar-refractivity contribution in [3.8, 4) is 0 Å². The molecule has 30 heavy (non-hydrogen) atoms. The number of anilines is 2. The molecule has 1 saturated heterocycles. The minimum atomic E-state index is -3.06. The summed E-state index contributed by atoms with van der Waals surface area (Å²) in [5, 5.41) is 11.2. The highest BCUT2D eigenvalue weighted by atomic mass is 32.2. The summed E-state index contributed by atoms with van der Waals surface area (Å²) in [7, 11) is -1.43. The third-order valence-corrected chi connectivity index (χ3v) is 8.95. The quantitative estimate of drug-likeness (QED) is 0.555. The van der Waals surface area contributed by atoms with Gasteiger partial charge in [-0.25, -0.2) is 8.42 Å². The Labute approximate surface area is 185 Å². The molecule has 3 rings (SSSR count). The number of hydrogen-bond acceptors (Lipinski definition) is 9. The number of carbonyl (C=O) groups is 1. The first-order valence-corrected chi connectivity index (χ1v) is 13.3. The van der Waals surface area contributed by atoms with Gasteiger partial charge in [0.1, 0.15) is 0 Å². The van der Waals surface area contributed by atoms with Crippen LogP contribution in [-0.4, -0.2) is 65.0 Å². The molecule has 1 aliphatic rings. The van der Waals surface area contributed by atoms with Crippen LogP contribution in [0.15, 0.2) is 33.5 Å². The molecule has 1 aromatic carbocycles. The molecule has 0 aliphatic carbocycles. The molecule has 1 fully saturated rings. The maximum absolute atomic E-state index is 12.6. The number of alkyl halides is 2. The topological polar surface area (TPSA) is 92.3 Å². The molecule has 2 atom stereocenters. The van der Waals surface area contributed by atoms with Gasteiger partial charge >= 0.3 is 0 Å². The van der Waals surface area contributed by atoms with Crippen molar-refractivity contribution in [2.24, 2.45) is 0 Å². The maximum atomic E-state index is 12.6. The van der Waals surface area contributed by atoms with E-state index < -0.39 is 20.8 Å². The standard InChI is InChI=1S/C17H20F2N4O3S4/c1-10(14(24)23(2)12-7-8-30(25,26)9-12)27-17-22-21-16(29-17)20-11-3-5-13(6-4-11)28-15(18)19/h3-6,10,12,15H,7-9H2,1-2H3,(H,20,21). The highest BCUT2D eigenvalue weighted by molar-refractivity contribution is 8.02. The van der Waals surface area contributed by atoms with Gasteiger partial charge in [0.05, 0.1) is 16.8 Å². The molecule has 2 heterocycles. The van der Waals surface area contributed by atoms with Crippen LogP contribution in [0.1, 0.15) is 13.3 Å². The van der Waals surface area contributed by atoms with Gasteiger partial charge in [0, 0.05) is 23.7 Å². The minimum absolute atomic E-state index is 0.00805. The molecule has 1 amide bonds. The lowest BCUT2D eigenvalue weighted by Gasteiger charge is -2.25. The summed E-state index contributed by atoms with van der Waals surface area (Å²) < 4.78 is 48.6. The van der Waals surface area contributed by atoms with Crippen molar-refractivity contribution >= 4 is 61.4 Å². The number of benzene rings is 1. The second-order valence-electron chi connectivity index (χ2n) is 6.67. The summed E-state index contributed by atoms with van der Waals surface area (Å²) in [4.78, 5) is 14.6. The third-order valence-electron chi connectivity index (χ3n) is 4.47. The monoisotopic (exact) mass is 494 g/mol. The number of sulfone groups is 1. The summed E-state index contributed by atoms with van der Waals surface area (Å²) in [5.41, 5.74) is 0.688. The number of nitrogens with zero attached hydrogens (tertiary/aromatic N) is 3. The summed E-state index contributed by atoms with van der Waals surface area (Å²) >= 11 is 3.01. The zero-order valence-electron chi connectivity index (χ0n) is 16.1. The molecule has 13 heteroatoms. The molecule has 1 aromatic heterocycles. The van der Waals surface area contributed by atoms with E-state index in [1.165, 1.54) is 28.0 Å². The second-order valence-corrected chi connectivity index (χ2v) is 12.5. The van der Waals surface area contributed by atoms with E-state index in [-0.39, 0.29) is 23.5 Å². The van der Waals surface area contributed by atoms with Crippen molar-refractivity contribution in [2.75, 3.05) is 23.9 Å². The lowest BCUT2D eigenvalue weighted by molar-refractivity contribution is -0.130. The van der Waals surface area contributed by atoms with Crippen molar-refractivity contribution in [3.63, 3.8) is 0 Å². The number of thioether (sulfide) groups is 2. The summed E-state index contributed by atoms with van der Waals surface area (Å²) in [6.45, 7) is 1.75. The van der Waals surface area contributed by atoms with Crippen LogP contribution in [0.2, 0.25) is 0 Å². The van der Waals surface area contributed by atoms with Crippen LogP contribution in [0.5, 0.6) is 0 Å². The molecule has 164 valence electrons. The molecule has 0 bridgehead atoms. The van der Waals surface area contributed by atoms with Gasteiger partial charge in [-0.2, -0.15) is 8.78 Å². The Morgan fingerprint density at radius 3 is 2.57 bits per heavy atom. The molecule has 7 nitrogen and oxygen atoms in total. The molecule has 0 saturated carbocycles. The van der Waals surface area contributed by atoms with E-state index in [1.54, 1.807) is 38.2 Å². The highest BCUT2D eigenvalue weighted by Gasteiger charge is 2.34. The molecule has 0 radical (unpaired) electrons. The molecule has 2 aromatic rings. The maximum Gasteiger partial charge on any atom is 0.288 e. The Bertz CT molecular complexity index is 985. The van der Waals surface area contributed by atoms with Crippen LogP contribution in [0.3, 0.4) is 0 Å². The fraction of sp³-hybridized carbons (Fsp3) is 0.471. The number of amides is 1. The lowest BCUT2D eigenvalue weighted by Crippen LogP contribution is -2.41. The number of rotatable bonds is 8. The van der Waals surface area contributed by atoms with Crippen LogP contribution >= 0.6 is 34.9 Å². The van der Waals surface area contributed by atoms with Crippen LogP contribution in [0.25, 0.3) is 0 Å². The SMILES string of the molecule is CC(Sc1nnc(Nc2ccc(SC(F)F)cc2)s1)C(=O)N(C)C1CCS(=O)(=O)C1. The van der Waals surface area contributed by atoms with E-state index in [4.69, 9.17) is 0 Å². The van der Waals surface area contributed by atoms with Crippen LogP contribution < -0.4 is 5.32 Å². The summed E-state index contributed by atoms with van der Waals surface area (Å²) in [5.74, 6) is -2.50. The normalized spacial score (nSPS) is 19.0. The second kappa shape index (κ2) is 9.79. The van der Waals surface area contributed by atoms with E-state index in [2.05, 4.69) is 15.5 Å². The average molecular weight is 495 g/mol. The predicted octanol–water partition coefficient (Wildman–Crippen LogP) is 3.72. The van der Waals surface area contributed by atoms with E-state index in [0.717, 1.165) is 0 Å². The van der Waals surface area contributed by atoms with Crippen molar-refractivity contribution in [1.82, 2.24) is 15.1 Å². The predicted molar refractivity (Wildman–Crippen MR) is 117 cm³/mol. The Morgan fingerprint density at radius 1 is 1.27 bits per heavy atom. The first kappa shape index (κ1) is 23.2. The first-order valence-electron chi connectivity index (χ1n) is 8.92. The van der Waals surface area contributed by atoms with E-state index in [9.17, 15) is 22.0 Å². The third kappa shape index (κ3) is 6.28. The van der Waals surface area contributed by atoms with Gasteiger partial charge in [0.2, 0.25) is 11.0 Å². The Hall–Kier alpha value is -1.44. The van der Waals surface area contributed by atoms with Crippen molar-refractivity contribution in [3.05, 3.63) is 24.3 Å². The van der Waals surface area contributed by atoms with Crippen LogP contribution in [0, 0.1) is 0 Å². The van der Waals surface area contributed by atoms with Crippen molar-refractivity contribution < 1.29 is 22.0 Å². The number of hydrogen-bond donors (Lipinski definition) is 1. The molecule has 0 spiro atoms. The Balaban J connectivity index is 1.55. The van der Waals surface area contributed by atoms with E-state index >= 15 is 0 Å². The van der Waals surface area contributed by atoms with Crippen LogP contribution in [-0.2, 0) is 14.6 Å². The number of nitrogens with one attached hydrogen (secondary N) is 1. The van der Waals surface area contributed by atoms with Gasteiger partial charge in [-0.1, -0.05) is 34.9 Å². The molecular formula is C17H20F2N4O3S4. The number of halogens is 2. The van der Waals surface area contributed by atoms with Crippen molar-refractivity contribution in [2.45, 2.75) is 39.6 Å². The molecular weight excluding hydrogens is 474 g/mol. The molecule has 1 N–H and O–H groups in total. The van der Waals surface area contributed by atoms with Gasteiger partial charge in [0.15, 0.2) is 14.2 Å². The molecule has 1 aliphatic heterocycles. The van der Waals surface area contributed by atoms with Crippen LogP contribution in [0.4, 0.5) is 19.6 Å². The minimum Gasteiger partial charge on any atom is -0.341 e. The zero-order valence-corrected chi connectivity index (χ0v) is 19.4. The fourth-order valence-electron chi connectivity index (χ4n) is 2.90. The van der Waals surface area contributed by atoms with Gasteiger partial charge in [-0.05, 0) is 37.6 Å². The van der Waals surface area contributed by atoms with Gasteiger partial charge < -0.3 is 10.2 Å².